The first-order valence-electron chi connectivity index (χ1n) is 8.36. The summed E-state index contributed by atoms with van der Waals surface area (Å²) in [5.41, 5.74) is 0. The van der Waals surface area contributed by atoms with Crippen LogP contribution in [0.2, 0.25) is 0 Å². The molecule has 0 spiro atoms. The SMILES string of the molecule is O=C(NCC(F)(F)F)C1CCCN1C(=O)NCCCOCc1ccco1. The van der Waals surface area contributed by atoms with E-state index in [1.54, 1.807) is 18.4 Å². The van der Waals surface area contributed by atoms with E-state index in [1.165, 1.54) is 4.90 Å². The van der Waals surface area contributed by atoms with Gasteiger partial charge in [0.1, 0.15) is 25.0 Å². The van der Waals surface area contributed by atoms with Gasteiger partial charge >= 0.3 is 12.2 Å². The van der Waals surface area contributed by atoms with Gasteiger partial charge in [0.25, 0.3) is 0 Å². The predicted molar refractivity (Wildman–Crippen MR) is 85.2 cm³/mol. The number of hydrogen-bond donors (Lipinski definition) is 2. The van der Waals surface area contributed by atoms with E-state index in [-0.39, 0.29) is 0 Å². The van der Waals surface area contributed by atoms with Crippen LogP contribution in [0.5, 0.6) is 0 Å². The molecule has 1 aliphatic rings. The number of rotatable bonds is 8. The molecule has 0 bridgehead atoms. The Labute approximate surface area is 148 Å². The smallest absolute Gasteiger partial charge is 0.405 e. The Morgan fingerprint density at radius 2 is 2.15 bits per heavy atom. The van der Waals surface area contributed by atoms with Crippen LogP contribution in [0.1, 0.15) is 25.0 Å². The molecule has 7 nitrogen and oxygen atoms in total. The van der Waals surface area contributed by atoms with Crippen LogP contribution in [-0.2, 0) is 16.1 Å². The minimum Gasteiger partial charge on any atom is -0.467 e. The van der Waals surface area contributed by atoms with Crippen molar-refractivity contribution in [1.82, 2.24) is 15.5 Å². The summed E-state index contributed by atoms with van der Waals surface area (Å²) in [6.45, 7) is 0.0328. The number of halogens is 3. The minimum absolute atomic E-state index is 0.338. The molecular formula is C16H22F3N3O4. The lowest BCUT2D eigenvalue weighted by Crippen LogP contribution is -2.51. The fraction of sp³-hybridized carbons (Fsp3) is 0.625. The minimum atomic E-state index is -4.48. The van der Waals surface area contributed by atoms with Gasteiger partial charge < -0.3 is 24.7 Å². The van der Waals surface area contributed by atoms with Crippen LogP contribution in [0.3, 0.4) is 0 Å². The highest BCUT2D eigenvalue weighted by Gasteiger charge is 2.36. The Kier molecular flexibility index (Phi) is 7.31. The Balaban J connectivity index is 1.64. The fourth-order valence-electron chi connectivity index (χ4n) is 2.63. The number of urea groups is 1. The molecule has 0 aromatic carbocycles. The normalized spacial score (nSPS) is 17.3. The van der Waals surface area contributed by atoms with E-state index in [9.17, 15) is 22.8 Å². The molecule has 3 amide bonds. The molecular weight excluding hydrogens is 355 g/mol. The third-order valence-corrected chi connectivity index (χ3v) is 3.85. The van der Waals surface area contributed by atoms with Crippen molar-refractivity contribution in [1.29, 1.82) is 0 Å². The first kappa shape index (κ1) is 20.1. The molecule has 1 aromatic rings. The summed E-state index contributed by atoms with van der Waals surface area (Å²) in [5.74, 6) is -0.0735. The average molecular weight is 377 g/mol. The molecule has 1 fully saturated rings. The van der Waals surface area contributed by atoms with Crippen LogP contribution in [0.15, 0.2) is 22.8 Å². The van der Waals surface area contributed by atoms with Crippen LogP contribution in [0.25, 0.3) is 0 Å². The zero-order valence-corrected chi connectivity index (χ0v) is 14.2. The number of likely N-dealkylation sites (tertiary alicyclic amines) is 1. The zero-order valence-electron chi connectivity index (χ0n) is 14.2. The maximum atomic E-state index is 12.2. The fourth-order valence-corrected chi connectivity index (χ4v) is 2.63. The topological polar surface area (TPSA) is 83.8 Å². The molecule has 2 heterocycles. The molecule has 26 heavy (non-hydrogen) atoms. The Morgan fingerprint density at radius 3 is 2.85 bits per heavy atom. The van der Waals surface area contributed by atoms with Crippen molar-refractivity contribution in [2.24, 2.45) is 0 Å². The van der Waals surface area contributed by atoms with E-state index in [0.717, 1.165) is 0 Å². The number of amides is 3. The molecule has 2 N–H and O–H groups in total. The molecule has 10 heteroatoms. The maximum Gasteiger partial charge on any atom is 0.405 e. The summed E-state index contributed by atoms with van der Waals surface area (Å²) in [7, 11) is 0. The molecule has 1 atom stereocenters. The third-order valence-electron chi connectivity index (χ3n) is 3.85. The summed E-state index contributed by atoms with van der Waals surface area (Å²) < 4.78 is 47.1. The zero-order chi connectivity index (χ0) is 19.0. The molecule has 1 aliphatic heterocycles. The van der Waals surface area contributed by atoms with Gasteiger partial charge in [0.15, 0.2) is 0 Å². The van der Waals surface area contributed by atoms with Crippen LogP contribution in [0, 0.1) is 0 Å². The van der Waals surface area contributed by atoms with Crippen molar-refractivity contribution >= 4 is 11.9 Å². The van der Waals surface area contributed by atoms with Gasteiger partial charge in [0, 0.05) is 19.7 Å². The summed E-state index contributed by atoms with van der Waals surface area (Å²) in [6.07, 6.45) is -1.44. The molecule has 0 saturated carbocycles. The highest BCUT2D eigenvalue weighted by molar-refractivity contribution is 5.87. The van der Waals surface area contributed by atoms with Crippen LogP contribution < -0.4 is 10.6 Å². The monoisotopic (exact) mass is 377 g/mol. The van der Waals surface area contributed by atoms with E-state index in [4.69, 9.17) is 9.15 Å². The number of furan rings is 1. The summed E-state index contributed by atoms with van der Waals surface area (Å²) in [5, 5.41) is 4.49. The van der Waals surface area contributed by atoms with Crippen molar-refractivity contribution in [3.05, 3.63) is 24.2 Å². The van der Waals surface area contributed by atoms with Gasteiger partial charge in [0.2, 0.25) is 5.91 Å². The van der Waals surface area contributed by atoms with Crippen molar-refractivity contribution in [2.75, 3.05) is 26.2 Å². The molecule has 1 aromatic heterocycles. The van der Waals surface area contributed by atoms with Gasteiger partial charge in [-0.25, -0.2) is 4.79 Å². The highest BCUT2D eigenvalue weighted by atomic mass is 19.4. The molecule has 2 rings (SSSR count). The Hall–Kier alpha value is -2.23. The number of hydrogen-bond acceptors (Lipinski definition) is 4. The van der Waals surface area contributed by atoms with Gasteiger partial charge in [0.05, 0.1) is 6.26 Å². The second-order valence-electron chi connectivity index (χ2n) is 5.90. The standard InChI is InChI=1S/C16H22F3N3O4/c17-16(18,19)11-21-14(23)13-5-1-7-22(13)15(24)20-6-3-8-25-10-12-4-2-9-26-12/h2,4,9,13H,1,3,5-8,10-11H2,(H,20,24)(H,21,23). The lowest BCUT2D eigenvalue weighted by Gasteiger charge is -2.24. The number of carbonyl (C=O) groups excluding carboxylic acids is 2. The molecule has 1 saturated heterocycles. The number of carbonyl (C=O) groups is 2. The molecule has 146 valence electrons. The Bertz CT molecular complexity index is 578. The molecule has 1 unspecified atom stereocenters. The Morgan fingerprint density at radius 1 is 1.35 bits per heavy atom. The summed E-state index contributed by atoms with van der Waals surface area (Å²) >= 11 is 0. The van der Waals surface area contributed by atoms with E-state index < -0.39 is 30.7 Å². The van der Waals surface area contributed by atoms with Gasteiger partial charge in [-0.15, -0.1) is 0 Å². The summed E-state index contributed by atoms with van der Waals surface area (Å²) in [6, 6.07) is 2.23. The third kappa shape index (κ3) is 6.58. The van der Waals surface area contributed by atoms with E-state index in [1.807, 2.05) is 5.32 Å². The number of ether oxygens (including phenoxy) is 1. The second-order valence-corrected chi connectivity index (χ2v) is 5.90. The van der Waals surface area contributed by atoms with Crippen molar-refractivity contribution in [3.8, 4) is 0 Å². The van der Waals surface area contributed by atoms with Crippen LogP contribution in [0.4, 0.5) is 18.0 Å². The second kappa shape index (κ2) is 9.46. The summed E-state index contributed by atoms with van der Waals surface area (Å²) in [4.78, 5) is 25.3. The number of nitrogens with one attached hydrogen (secondary N) is 2. The van der Waals surface area contributed by atoms with Gasteiger partial charge in [-0.05, 0) is 31.4 Å². The van der Waals surface area contributed by atoms with Crippen LogP contribution in [-0.4, -0.2) is 55.3 Å². The quantitative estimate of drug-likeness (QED) is 0.679. The lowest BCUT2D eigenvalue weighted by molar-refractivity contribution is -0.140. The molecule has 0 radical (unpaired) electrons. The van der Waals surface area contributed by atoms with E-state index in [0.29, 0.717) is 51.3 Å². The predicted octanol–water partition coefficient (Wildman–Crippen LogP) is 2.04. The van der Waals surface area contributed by atoms with Crippen LogP contribution >= 0.6 is 0 Å². The van der Waals surface area contributed by atoms with Crippen molar-refractivity contribution < 1.29 is 31.9 Å². The van der Waals surface area contributed by atoms with Gasteiger partial charge in [-0.2, -0.15) is 13.2 Å². The maximum absolute atomic E-state index is 12.2. The van der Waals surface area contributed by atoms with Gasteiger partial charge in [-0.3, -0.25) is 4.79 Å². The lowest BCUT2D eigenvalue weighted by atomic mass is 10.2. The van der Waals surface area contributed by atoms with Gasteiger partial charge in [-0.1, -0.05) is 0 Å². The largest absolute Gasteiger partial charge is 0.467 e. The van der Waals surface area contributed by atoms with Crippen molar-refractivity contribution in [2.45, 2.75) is 38.1 Å². The number of nitrogens with zero attached hydrogens (tertiary/aromatic N) is 1. The first-order valence-corrected chi connectivity index (χ1v) is 8.36. The highest BCUT2D eigenvalue weighted by Crippen LogP contribution is 2.18. The van der Waals surface area contributed by atoms with E-state index >= 15 is 0 Å². The van der Waals surface area contributed by atoms with E-state index in [2.05, 4.69) is 5.32 Å². The number of alkyl halides is 3. The molecule has 0 aliphatic carbocycles. The van der Waals surface area contributed by atoms with Crippen molar-refractivity contribution in [3.63, 3.8) is 0 Å². The first-order chi connectivity index (χ1) is 12.4. The average Bonchev–Trinajstić information content (AvgIpc) is 3.26.